The van der Waals surface area contributed by atoms with Crippen LogP contribution in [0.4, 0.5) is 0 Å². The minimum Gasteiger partial charge on any atom is -0.480 e. The van der Waals surface area contributed by atoms with Crippen LogP contribution in [0.5, 0.6) is 0 Å². The summed E-state index contributed by atoms with van der Waals surface area (Å²) in [5, 5.41) is 68.4. The lowest BCUT2D eigenvalue weighted by atomic mass is 10.0. The molecule has 119 heavy (non-hydrogen) atoms. The number of carboxylic acid groups (broad SMARTS) is 4. The highest BCUT2D eigenvalue weighted by Gasteiger charge is 2.28. The van der Waals surface area contributed by atoms with Crippen LogP contribution in [0.25, 0.3) is 0 Å². The summed E-state index contributed by atoms with van der Waals surface area (Å²) >= 11 is 0. The molecular formula is C79H129N13O27. The maximum Gasteiger partial charge on any atom is 0.323 e. The monoisotopic (exact) mass is 1690 g/mol. The molecular weight excluding hydrogens is 1560 g/mol. The van der Waals surface area contributed by atoms with Crippen molar-refractivity contribution in [1.82, 2.24) is 67.5 Å². The number of carboxylic acids is 4. The fraction of sp³-hybridized carbons (Fsp3) is 0.709. The molecule has 0 spiro atoms. The number of amides is 13. The van der Waals surface area contributed by atoms with Crippen LogP contribution in [-0.2, 0) is 105 Å². The van der Waals surface area contributed by atoms with Crippen LogP contribution >= 0.6 is 0 Å². The number of carbonyl (C=O) groups excluding carboxylic acids is 17. The molecule has 0 aromatic heterocycles. The Morgan fingerprint density at radius 1 is 0.311 bits per heavy atom. The summed E-state index contributed by atoms with van der Waals surface area (Å²) in [4.78, 5) is 262. The van der Waals surface area contributed by atoms with Gasteiger partial charge in [-0.15, -0.1) is 0 Å². The second kappa shape index (κ2) is 68.1. The summed E-state index contributed by atoms with van der Waals surface area (Å²) in [5.41, 5.74) is 0. The molecule has 40 heteroatoms. The first-order chi connectivity index (χ1) is 56.6. The Bertz CT molecular complexity index is 3300. The Labute approximate surface area is 694 Å². The van der Waals surface area contributed by atoms with E-state index in [-0.39, 0.29) is 18.7 Å². The Morgan fingerprint density at radius 3 is 0.950 bits per heavy atom. The Morgan fingerprint density at radius 2 is 0.613 bits per heavy atom. The lowest BCUT2D eigenvalue weighted by Crippen LogP contribution is -2.50. The van der Waals surface area contributed by atoms with Crippen molar-refractivity contribution < 1.29 is 131 Å². The Balaban J connectivity index is 5.21. The molecule has 0 saturated heterocycles. The number of nitrogens with one attached hydrogen (secondary N) is 9. The zero-order valence-electron chi connectivity index (χ0n) is 69.4. The van der Waals surface area contributed by atoms with Gasteiger partial charge in [0.25, 0.3) is 0 Å². The topological polar surface area (TPSA) is 590 Å². The van der Waals surface area contributed by atoms with Crippen molar-refractivity contribution in [3.63, 3.8) is 0 Å². The molecule has 0 saturated carbocycles. The number of rotatable bonds is 74. The van der Waals surface area contributed by atoms with E-state index in [0.29, 0.717) is 32.4 Å². The molecule has 0 radical (unpaired) electrons. The Hall–Kier alpha value is -10.8. The molecule has 0 aliphatic rings. The van der Waals surface area contributed by atoms with Crippen LogP contribution in [0, 0.1) is 0 Å². The molecule has 0 aromatic rings. The summed E-state index contributed by atoms with van der Waals surface area (Å²) in [5.74, 6) is -21.7. The number of carbonyl (C=O) groups is 21. The smallest absolute Gasteiger partial charge is 0.323 e. The highest BCUT2D eigenvalue weighted by atomic mass is 16.5. The number of nitrogens with zero attached hydrogens (tertiary/aromatic N) is 4. The molecule has 0 rings (SSSR count). The third-order valence-electron chi connectivity index (χ3n) is 18.0. The highest BCUT2D eigenvalue weighted by Crippen LogP contribution is 2.16. The summed E-state index contributed by atoms with van der Waals surface area (Å²) < 4.78 is 5.40. The molecule has 0 fully saturated rings. The number of aliphatic carboxylic acids is 4. The van der Waals surface area contributed by atoms with Gasteiger partial charge in [0.05, 0.1) is 90.4 Å². The normalized spacial score (nSPS) is 11.3. The first kappa shape index (κ1) is 108. The van der Waals surface area contributed by atoms with Gasteiger partial charge in [-0.1, -0.05) is 180 Å². The highest BCUT2D eigenvalue weighted by molar-refractivity contribution is 5.99. The lowest BCUT2D eigenvalue weighted by molar-refractivity contribution is -0.147. The van der Waals surface area contributed by atoms with E-state index in [1.165, 1.54) is 116 Å². The standard InChI is InChI=1S/C79H129N13O27/c1-4-6-8-10-12-14-16-18-19-21-23-25-27-29-31-36-63(98)88-60(61(96)35-30-28-26-24-22-20-17-15-13-11-9-7-5-2)56-119-79(118)38-37-62(97)80-40-65(100)86-46-73(108)91(54-77(114)115)50-69(104)82-42-67(102)84-44-71(106)89(52-75(110)111)48-58(94)33-32-34-59(95)49-90(53-76(112)113)72(107)45-85-68(103)43-83-70(105)51-92(55-78(116)117)74(109)47-87-66(101)41-81-64(99)39-57(3)93/h30,35,60-61,96H,4-29,31-34,36-56H2,1-3H3,(H,80,97)(H,81,99)(H,82,104)(H,83,105)(H,84,102)(H,85,103)(H,86,100)(H,87,101)(H,88,98)(H,110,111)(H,112,113)(H,114,115)(H,116,117)/b35-30+/t60-,61-/m1/s1. The average Bonchev–Trinajstić information content (AvgIpc) is 0.928. The van der Waals surface area contributed by atoms with Crippen molar-refractivity contribution in [1.29, 1.82) is 0 Å². The number of Topliss-reactive ketones (excluding diaryl/α,β-unsaturated/α-hetero) is 3. The van der Waals surface area contributed by atoms with Crippen LogP contribution in [0.2, 0.25) is 0 Å². The largest absolute Gasteiger partial charge is 0.480 e. The Kier molecular flexibility index (Phi) is 61.9. The van der Waals surface area contributed by atoms with E-state index >= 15 is 0 Å². The van der Waals surface area contributed by atoms with Gasteiger partial charge >= 0.3 is 29.8 Å². The van der Waals surface area contributed by atoms with Crippen molar-refractivity contribution in [3.05, 3.63) is 12.2 Å². The van der Waals surface area contributed by atoms with Gasteiger partial charge < -0.3 is 97.7 Å². The first-order valence-electron chi connectivity index (χ1n) is 41.1. The van der Waals surface area contributed by atoms with E-state index in [4.69, 9.17) is 4.74 Å². The number of ketones is 3. The van der Waals surface area contributed by atoms with Crippen LogP contribution in [0.3, 0.4) is 0 Å². The quantitative estimate of drug-likeness (QED) is 0.0171. The minimum absolute atomic E-state index is 0.221. The average molecular weight is 1690 g/mol. The molecule has 0 unspecified atom stereocenters. The number of allylic oxidation sites excluding steroid dienone is 1. The fourth-order valence-electron chi connectivity index (χ4n) is 11.5. The van der Waals surface area contributed by atoms with Crippen molar-refractivity contribution in [2.24, 2.45) is 0 Å². The molecule has 0 aliphatic carbocycles. The summed E-state index contributed by atoms with van der Waals surface area (Å²) in [6, 6.07) is -0.979. The van der Waals surface area contributed by atoms with Crippen molar-refractivity contribution in [3.8, 4) is 0 Å². The van der Waals surface area contributed by atoms with Gasteiger partial charge in [0.15, 0.2) is 11.6 Å². The first-order valence-corrected chi connectivity index (χ1v) is 41.1. The van der Waals surface area contributed by atoms with E-state index in [1.54, 1.807) is 6.08 Å². The van der Waals surface area contributed by atoms with Crippen molar-refractivity contribution in [2.75, 3.05) is 111 Å². The molecule has 0 heterocycles. The van der Waals surface area contributed by atoms with Gasteiger partial charge in [-0.3, -0.25) is 101 Å². The maximum atomic E-state index is 13.1. The summed E-state index contributed by atoms with van der Waals surface area (Å²) in [7, 11) is 0. The van der Waals surface area contributed by atoms with Gasteiger partial charge in [-0.05, 0) is 32.6 Å². The zero-order chi connectivity index (χ0) is 89.1. The van der Waals surface area contributed by atoms with Gasteiger partial charge in [0.1, 0.15) is 51.7 Å². The number of unbranched alkanes of at least 4 members (excludes halogenated alkanes) is 25. The van der Waals surface area contributed by atoms with Crippen molar-refractivity contribution in [2.45, 2.75) is 251 Å². The van der Waals surface area contributed by atoms with Crippen LogP contribution < -0.4 is 47.9 Å². The predicted octanol–water partition coefficient (Wildman–Crippen LogP) is 0.544. The molecule has 2 atom stereocenters. The van der Waals surface area contributed by atoms with Crippen LogP contribution in [0.1, 0.15) is 239 Å². The molecule has 672 valence electrons. The van der Waals surface area contributed by atoms with E-state index in [9.17, 15) is 126 Å². The summed E-state index contributed by atoms with van der Waals surface area (Å²) in [6.07, 6.45) is 31.2. The van der Waals surface area contributed by atoms with E-state index < -0.39 is 274 Å². The van der Waals surface area contributed by atoms with Gasteiger partial charge in [-0.25, -0.2) is 0 Å². The third kappa shape index (κ3) is 63.0. The molecule has 13 amide bonds. The predicted molar refractivity (Wildman–Crippen MR) is 428 cm³/mol. The molecule has 0 aromatic carbocycles. The van der Waals surface area contributed by atoms with Crippen molar-refractivity contribution >= 4 is 124 Å². The number of hydrogen-bond donors (Lipinski definition) is 14. The number of esters is 1. The van der Waals surface area contributed by atoms with Crippen LogP contribution in [-0.4, -0.2) is 293 Å². The number of ether oxygens (including phenoxy) is 1. The van der Waals surface area contributed by atoms with E-state index in [0.717, 1.165) is 51.9 Å². The molecule has 14 N–H and O–H groups in total. The number of aliphatic hydroxyl groups is 1. The third-order valence-corrected chi connectivity index (χ3v) is 18.0. The van der Waals surface area contributed by atoms with Crippen LogP contribution in [0.15, 0.2) is 12.2 Å². The number of hydrogen-bond acceptors (Lipinski definition) is 23. The second-order valence-electron chi connectivity index (χ2n) is 28.9. The maximum absolute atomic E-state index is 13.1. The molecule has 40 nitrogen and oxygen atoms in total. The van der Waals surface area contributed by atoms with Gasteiger partial charge in [0, 0.05) is 25.7 Å². The minimum atomic E-state index is -1.59. The zero-order valence-corrected chi connectivity index (χ0v) is 69.4. The fourth-order valence-corrected chi connectivity index (χ4v) is 11.5. The van der Waals surface area contributed by atoms with Gasteiger partial charge in [-0.2, -0.15) is 0 Å². The van der Waals surface area contributed by atoms with E-state index in [1.807, 2.05) is 6.08 Å². The molecule has 0 aliphatic heterocycles. The second-order valence-corrected chi connectivity index (χ2v) is 28.9. The number of aliphatic hydroxyl groups excluding tert-OH is 1. The SMILES string of the molecule is CCCCCCCCCCCCC/C=C/[C@@H](O)[C@@H](COC(=O)CCC(=O)NCC(=O)NCC(=O)N(CC(=O)O)CC(=O)NCC(=O)NCC(=O)N(CC(=O)O)CC(=O)CCCC(=O)CN(CC(=O)O)C(=O)CNC(=O)CNC(=O)CN(CC(=O)O)C(=O)CNC(=O)CNC(=O)CC(C)=O)NC(=O)CCCCCCCCCCCCCCCCC. The summed E-state index contributed by atoms with van der Waals surface area (Å²) in [6.45, 7) is -9.37. The van der Waals surface area contributed by atoms with E-state index in [2.05, 4.69) is 61.7 Å². The van der Waals surface area contributed by atoms with Gasteiger partial charge in [0.2, 0.25) is 76.8 Å². The lowest BCUT2D eigenvalue weighted by Gasteiger charge is -2.22. The molecule has 0 bridgehead atoms.